The first kappa shape index (κ1) is 14.9. The number of carbonyl (C=O) groups is 2. The van der Waals surface area contributed by atoms with Crippen molar-refractivity contribution in [1.29, 1.82) is 0 Å². The van der Waals surface area contributed by atoms with E-state index >= 15 is 0 Å². The maximum absolute atomic E-state index is 11.4. The summed E-state index contributed by atoms with van der Waals surface area (Å²) in [6, 6.07) is 5.41. The number of hydrogen-bond acceptors (Lipinski definition) is 6. The van der Waals surface area contributed by atoms with Crippen LogP contribution in [0, 0.1) is 0 Å². The Labute approximate surface area is 140 Å². The Morgan fingerprint density at radius 2 is 2.32 bits per heavy atom. The van der Waals surface area contributed by atoms with Crippen LogP contribution in [0.25, 0.3) is 0 Å². The summed E-state index contributed by atoms with van der Waals surface area (Å²) in [5, 5.41) is 11.7. The summed E-state index contributed by atoms with van der Waals surface area (Å²) < 4.78 is 0.574. The van der Waals surface area contributed by atoms with Gasteiger partial charge < -0.3 is 9.90 Å². The summed E-state index contributed by atoms with van der Waals surface area (Å²) in [5.41, 5.74) is -0.0168. The normalized spacial score (nSPS) is 20.7. The molecule has 0 aliphatic carbocycles. The SMILES string of the molecule is O=C([O-])C1=C(Sc2ccccn2)S[C@@H]2CC(=O)N12.[Na+]. The molecule has 92 valence electrons. The molecule has 19 heavy (non-hydrogen) atoms. The van der Waals surface area contributed by atoms with Crippen LogP contribution in [0.4, 0.5) is 0 Å². The zero-order chi connectivity index (χ0) is 12.7. The van der Waals surface area contributed by atoms with Crippen LogP contribution in [0.3, 0.4) is 0 Å². The van der Waals surface area contributed by atoms with Gasteiger partial charge in [0.05, 0.1) is 27.7 Å². The van der Waals surface area contributed by atoms with Gasteiger partial charge in [0.2, 0.25) is 5.91 Å². The van der Waals surface area contributed by atoms with Gasteiger partial charge in [-0.3, -0.25) is 9.69 Å². The van der Waals surface area contributed by atoms with Crippen LogP contribution in [0.1, 0.15) is 6.42 Å². The molecule has 0 unspecified atom stereocenters. The van der Waals surface area contributed by atoms with E-state index in [-0.39, 0.29) is 46.5 Å². The molecule has 1 aromatic rings. The van der Waals surface area contributed by atoms with E-state index in [1.165, 1.54) is 28.4 Å². The molecule has 3 rings (SSSR count). The molecular formula is C11H7N2NaO3S2. The molecule has 2 aliphatic heterocycles. The molecule has 1 saturated heterocycles. The standard InChI is InChI=1S/C11H8N2O3S2.Na/c14-7-5-8-13(7)9(10(15)16)11(18-8)17-6-3-1-2-4-12-6;/h1-4,8H,5H2,(H,15,16);/q;+1/p-1/t8-;/m1./s1. The van der Waals surface area contributed by atoms with Gasteiger partial charge in [-0.05, 0) is 12.1 Å². The molecule has 1 fully saturated rings. The number of pyridine rings is 1. The summed E-state index contributed by atoms with van der Waals surface area (Å²) in [6.07, 6.45) is 2.02. The van der Waals surface area contributed by atoms with Gasteiger partial charge in [0.25, 0.3) is 0 Å². The second-order valence-electron chi connectivity index (χ2n) is 3.73. The average molecular weight is 302 g/mol. The zero-order valence-electron chi connectivity index (χ0n) is 10.0. The predicted molar refractivity (Wildman–Crippen MR) is 65.0 cm³/mol. The Hall–Kier alpha value is -0.470. The number of fused-ring (bicyclic) bond motifs is 1. The van der Waals surface area contributed by atoms with Crippen LogP contribution in [0.15, 0.2) is 39.4 Å². The fourth-order valence-corrected chi connectivity index (χ4v) is 4.39. The van der Waals surface area contributed by atoms with Crippen molar-refractivity contribution in [3.8, 4) is 0 Å². The fraction of sp³-hybridized carbons (Fsp3) is 0.182. The van der Waals surface area contributed by atoms with E-state index in [0.29, 0.717) is 15.7 Å². The molecule has 0 aromatic carbocycles. The molecule has 5 nitrogen and oxygen atoms in total. The molecule has 1 amide bonds. The molecule has 1 atom stereocenters. The average Bonchev–Trinajstić information content (AvgIpc) is 2.63. The van der Waals surface area contributed by atoms with Gasteiger partial charge in [-0.25, -0.2) is 4.98 Å². The van der Waals surface area contributed by atoms with Crippen molar-refractivity contribution in [3.63, 3.8) is 0 Å². The third-order valence-electron chi connectivity index (χ3n) is 2.61. The van der Waals surface area contributed by atoms with E-state index in [0.717, 1.165) is 0 Å². The smallest absolute Gasteiger partial charge is 0.543 e. The summed E-state index contributed by atoms with van der Waals surface area (Å²) >= 11 is 2.64. The van der Waals surface area contributed by atoms with Gasteiger partial charge in [0.15, 0.2) is 0 Å². The van der Waals surface area contributed by atoms with Crippen molar-refractivity contribution in [3.05, 3.63) is 34.3 Å². The largest absolute Gasteiger partial charge is 1.00 e. The Morgan fingerprint density at radius 3 is 2.89 bits per heavy atom. The molecule has 0 N–H and O–H groups in total. The molecule has 8 heteroatoms. The molecule has 2 aliphatic rings. The second-order valence-corrected chi connectivity index (χ2v) is 6.21. The number of carboxylic acids is 1. The van der Waals surface area contributed by atoms with Gasteiger partial charge in [-0.15, -0.1) is 0 Å². The van der Waals surface area contributed by atoms with Crippen LogP contribution in [-0.4, -0.2) is 27.1 Å². The molecule has 0 saturated carbocycles. The first-order valence-electron chi connectivity index (χ1n) is 5.20. The van der Waals surface area contributed by atoms with E-state index < -0.39 is 5.97 Å². The number of aliphatic carboxylic acids is 1. The van der Waals surface area contributed by atoms with Crippen LogP contribution in [0.5, 0.6) is 0 Å². The summed E-state index contributed by atoms with van der Waals surface area (Å²) in [4.78, 5) is 27.9. The van der Waals surface area contributed by atoms with Crippen molar-refractivity contribution in [2.24, 2.45) is 0 Å². The van der Waals surface area contributed by atoms with Crippen molar-refractivity contribution >= 4 is 35.4 Å². The van der Waals surface area contributed by atoms with Crippen LogP contribution >= 0.6 is 23.5 Å². The maximum Gasteiger partial charge on any atom is 1.00 e. The van der Waals surface area contributed by atoms with Gasteiger partial charge >= 0.3 is 29.6 Å². The third kappa shape index (κ3) is 2.71. The molecule has 1 aromatic heterocycles. The summed E-state index contributed by atoms with van der Waals surface area (Å²) in [5.74, 6) is -1.47. The molecule has 0 radical (unpaired) electrons. The Balaban J connectivity index is 0.00000133. The van der Waals surface area contributed by atoms with Crippen LogP contribution < -0.4 is 34.7 Å². The predicted octanol–water partition coefficient (Wildman–Crippen LogP) is -2.60. The minimum Gasteiger partial charge on any atom is -0.543 e. The molecule has 3 heterocycles. The number of nitrogens with zero attached hydrogens (tertiary/aromatic N) is 2. The zero-order valence-corrected chi connectivity index (χ0v) is 13.7. The van der Waals surface area contributed by atoms with Crippen LogP contribution in [0.2, 0.25) is 0 Å². The Bertz CT molecular complexity index is 564. The fourth-order valence-electron chi connectivity index (χ4n) is 1.78. The van der Waals surface area contributed by atoms with Crippen LogP contribution in [-0.2, 0) is 9.59 Å². The Morgan fingerprint density at radius 1 is 1.53 bits per heavy atom. The van der Waals surface area contributed by atoms with E-state index in [2.05, 4.69) is 4.98 Å². The quantitative estimate of drug-likeness (QED) is 0.450. The monoisotopic (exact) mass is 302 g/mol. The summed E-state index contributed by atoms with van der Waals surface area (Å²) in [6.45, 7) is 0. The maximum atomic E-state index is 11.4. The topological polar surface area (TPSA) is 73.3 Å². The number of carbonyl (C=O) groups excluding carboxylic acids is 2. The van der Waals surface area contributed by atoms with Gasteiger partial charge in [0, 0.05) is 6.20 Å². The first-order valence-corrected chi connectivity index (χ1v) is 6.89. The van der Waals surface area contributed by atoms with Crippen molar-refractivity contribution in [2.75, 3.05) is 0 Å². The number of aromatic nitrogens is 1. The van der Waals surface area contributed by atoms with Gasteiger partial charge in [0.1, 0.15) is 5.03 Å². The van der Waals surface area contributed by atoms with Gasteiger partial charge in [-0.1, -0.05) is 29.6 Å². The molecule has 0 bridgehead atoms. The van der Waals surface area contributed by atoms with E-state index in [4.69, 9.17) is 0 Å². The first-order chi connectivity index (χ1) is 8.66. The number of amides is 1. The third-order valence-corrected chi connectivity index (χ3v) is 5.04. The Kier molecular flexibility index (Phi) is 4.62. The minimum absolute atomic E-state index is 0. The van der Waals surface area contributed by atoms with E-state index in [9.17, 15) is 14.7 Å². The van der Waals surface area contributed by atoms with Crippen molar-refractivity contribution in [2.45, 2.75) is 16.8 Å². The van der Waals surface area contributed by atoms with Crippen molar-refractivity contribution in [1.82, 2.24) is 9.88 Å². The number of rotatable bonds is 3. The number of thioether (sulfide) groups is 2. The summed E-state index contributed by atoms with van der Waals surface area (Å²) in [7, 11) is 0. The molecular weight excluding hydrogens is 295 g/mol. The minimum atomic E-state index is -1.31. The van der Waals surface area contributed by atoms with Crippen molar-refractivity contribution < 1.29 is 44.3 Å². The number of carboxylic acid groups (broad SMARTS) is 1. The van der Waals surface area contributed by atoms with Gasteiger partial charge in [-0.2, -0.15) is 0 Å². The number of hydrogen-bond donors (Lipinski definition) is 0. The second kappa shape index (κ2) is 5.88. The van der Waals surface area contributed by atoms with E-state index in [1.807, 2.05) is 6.07 Å². The number of β-lactam (4-membered cyclic amide) rings is 1. The van der Waals surface area contributed by atoms with E-state index in [1.54, 1.807) is 18.3 Å². The molecule has 0 spiro atoms.